The van der Waals surface area contributed by atoms with Crippen molar-refractivity contribution in [3.05, 3.63) is 30.1 Å². The molecule has 2 rings (SSSR count). The fourth-order valence-corrected chi connectivity index (χ4v) is 3.54. The molecule has 1 aliphatic rings. The van der Waals surface area contributed by atoms with Crippen LogP contribution in [0.4, 0.5) is 4.79 Å². The molecule has 6 heteroatoms. The van der Waals surface area contributed by atoms with Crippen LogP contribution in [0.5, 0.6) is 0 Å². The minimum atomic E-state index is -0.535. The number of piperidine rings is 1. The Hall–Kier alpha value is -1.27. The van der Waals surface area contributed by atoms with E-state index in [4.69, 9.17) is 0 Å². The number of pyridine rings is 1. The van der Waals surface area contributed by atoms with E-state index in [1.807, 2.05) is 34.9 Å². The number of urea groups is 1. The standard InChI is InChI=1S/C17H27N3O2S/c1-2-12-23-13-9-19-17(22)20-10-6-14(7-11-20)16(21)15-5-3-4-8-18-15/h3-5,8,14,16,21H,2,6-7,9-13H2,1H3,(H,19,22)/t16-/m1/s1. The van der Waals surface area contributed by atoms with Crippen molar-refractivity contribution in [2.24, 2.45) is 5.92 Å². The van der Waals surface area contributed by atoms with Gasteiger partial charge < -0.3 is 15.3 Å². The first-order valence-electron chi connectivity index (χ1n) is 8.42. The Balaban J connectivity index is 1.70. The summed E-state index contributed by atoms with van der Waals surface area (Å²) < 4.78 is 0. The van der Waals surface area contributed by atoms with Crippen molar-refractivity contribution in [2.75, 3.05) is 31.1 Å². The molecule has 2 N–H and O–H groups in total. The number of thioether (sulfide) groups is 1. The second-order valence-corrected chi connectivity index (χ2v) is 7.09. The fraction of sp³-hybridized carbons (Fsp3) is 0.647. The minimum absolute atomic E-state index is 0.0212. The summed E-state index contributed by atoms with van der Waals surface area (Å²) in [5.41, 5.74) is 0.725. The van der Waals surface area contributed by atoms with Gasteiger partial charge in [-0.15, -0.1) is 0 Å². The zero-order valence-corrected chi connectivity index (χ0v) is 14.6. The molecule has 0 radical (unpaired) electrons. The molecular formula is C17H27N3O2S. The van der Waals surface area contributed by atoms with E-state index in [1.54, 1.807) is 6.20 Å². The zero-order valence-electron chi connectivity index (χ0n) is 13.8. The monoisotopic (exact) mass is 337 g/mol. The predicted octanol–water partition coefficient (Wildman–Crippen LogP) is 2.68. The number of likely N-dealkylation sites (tertiary alicyclic amines) is 1. The number of hydrogen-bond acceptors (Lipinski definition) is 4. The first-order chi connectivity index (χ1) is 11.2. The van der Waals surface area contributed by atoms with Gasteiger partial charge in [0.05, 0.1) is 11.8 Å². The van der Waals surface area contributed by atoms with Crippen molar-refractivity contribution in [3.63, 3.8) is 0 Å². The third kappa shape index (κ3) is 5.70. The number of nitrogens with one attached hydrogen (secondary N) is 1. The Bertz CT molecular complexity index is 464. The topological polar surface area (TPSA) is 65.5 Å². The average molecular weight is 337 g/mol. The van der Waals surface area contributed by atoms with Gasteiger partial charge in [-0.3, -0.25) is 4.98 Å². The lowest BCUT2D eigenvalue weighted by Crippen LogP contribution is -2.45. The highest BCUT2D eigenvalue weighted by Gasteiger charge is 2.28. The van der Waals surface area contributed by atoms with Gasteiger partial charge in [0.15, 0.2) is 0 Å². The van der Waals surface area contributed by atoms with Gasteiger partial charge in [0, 0.05) is 31.6 Å². The Kier molecular flexibility index (Phi) is 7.68. The molecule has 23 heavy (non-hydrogen) atoms. The highest BCUT2D eigenvalue weighted by molar-refractivity contribution is 7.99. The molecule has 0 aromatic carbocycles. The molecule has 128 valence electrons. The van der Waals surface area contributed by atoms with E-state index in [1.165, 1.54) is 6.42 Å². The van der Waals surface area contributed by atoms with E-state index in [0.717, 1.165) is 36.6 Å². The Morgan fingerprint density at radius 3 is 2.87 bits per heavy atom. The molecule has 0 unspecified atom stereocenters. The van der Waals surface area contributed by atoms with Crippen molar-refractivity contribution in [1.82, 2.24) is 15.2 Å². The maximum Gasteiger partial charge on any atom is 0.317 e. The molecule has 0 bridgehead atoms. The van der Waals surface area contributed by atoms with Gasteiger partial charge in [-0.1, -0.05) is 13.0 Å². The number of carbonyl (C=O) groups is 1. The molecule has 0 spiro atoms. The van der Waals surface area contributed by atoms with Gasteiger partial charge in [-0.05, 0) is 43.1 Å². The molecule has 0 saturated carbocycles. The lowest BCUT2D eigenvalue weighted by Gasteiger charge is -2.34. The van der Waals surface area contributed by atoms with E-state index >= 15 is 0 Å². The third-order valence-corrected chi connectivity index (χ3v) is 5.32. The Morgan fingerprint density at radius 2 is 2.22 bits per heavy atom. The molecule has 1 atom stereocenters. The molecule has 1 saturated heterocycles. The van der Waals surface area contributed by atoms with Crippen LogP contribution >= 0.6 is 11.8 Å². The number of amides is 2. The van der Waals surface area contributed by atoms with Crippen molar-refractivity contribution in [2.45, 2.75) is 32.3 Å². The maximum absolute atomic E-state index is 12.1. The SMILES string of the molecule is CCCSCCNC(=O)N1CCC([C@@H](O)c2ccccn2)CC1. The maximum atomic E-state index is 12.1. The van der Waals surface area contributed by atoms with E-state index in [0.29, 0.717) is 13.1 Å². The number of aliphatic hydroxyl groups is 1. The average Bonchev–Trinajstić information content (AvgIpc) is 2.61. The van der Waals surface area contributed by atoms with Crippen molar-refractivity contribution in [3.8, 4) is 0 Å². The van der Waals surface area contributed by atoms with Crippen LogP contribution in [-0.2, 0) is 0 Å². The van der Waals surface area contributed by atoms with Crippen LogP contribution in [0.1, 0.15) is 38.0 Å². The summed E-state index contributed by atoms with van der Waals surface area (Å²) in [7, 11) is 0. The number of carbonyl (C=O) groups excluding carboxylic acids is 1. The fourth-order valence-electron chi connectivity index (χ4n) is 2.80. The van der Waals surface area contributed by atoms with Crippen molar-refractivity contribution >= 4 is 17.8 Å². The number of aromatic nitrogens is 1. The largest absolute Gasteiger partial charge is 0.387 e. The van der Waals surface area contributed by atoms with Crippen LogP contribution in [0.2, 0.25) is 0 Å². The number of rotatable bonds is 7. The van der Waals surface area contributed by atoms with Crippen molar-refractivity contribution in [1.29, 1.82) is 0 Å². The van der Waals surface area contributed by atoms with E-state index in [9.17, 15) is 9.90 Å². The summed E-state index contributed by atoms with van der Waals surface area (Å²) in [6.07, 6.45) is 3.97. The molecule has 2 amide bonds. The van der Waals surface area contributed by atoms with Gasteiger partial charge >= 0.3 is 6.03 Å². The minimum Gasteiger partial charge on any atom is -0.387 e. The third-order valence-electron chi connectivity index (χ3n) is 4.14. The number of nitrogens with zero attached hydrogens (tertiary/aromatic N) is 2. The number of hydrogen-bond donors (Lipinski definition) is 2. The van der Waals surface area contributed by atoms with Crippen molar-refractivity contribution < 1.29 is 9.90 Å². The van der Waals surface area contributed by atoms with Crippen LogP contribution in [0, 0.1) is 5.92 Å². The van der Waals surface area contributed by atoms with E-state index < -0.39 is 6.10 Å². The van der Waals surface area contributed by atoms with Gasteiger partial charge in [0.1, 0.15) is 0 Å². The quantitative estimate of drug-likeness (QED) is 0.751. The van der Waals surface area contributed by atoms with Crippen LogP contribution in [-0.4, -0.2) is 52.2 Å². The first kappa shape index (κ1) is 18.1. The molecular weight excluding hydrogens is 310 g/mol. The summed E-state index contributed by atoms with van der Waals surface area (Å²) in [6, 6.07) is 5.62. The lowest BCUT2D eigenvalue weighted by atomic mass is 9.89. The molecule has 5 nitrogen and oxygen atoms in total. The molecule has 1 fully saturated rings. The Morgan fingerprint density at radius 1 is 1.43 bits per heavy atom. The highest BCUT2D eigenvalue weighted by atomic mass is 32.2. The molecule has 0 aliphatic carbocycles. The molecule has 1 aliphatic heterocycles. The second kappa shape index (κ2) is 9.78. The molecule has 2 heterocycles. The summed E-state index contributed by atoms with van der Waals surface area (Å²) in [4.78, 5) is 18.2. The normalized spacial score (nSPS) is 17.0. The number of aliphatic hydroxyl groups excluding tert-OH is 1. The summed E-state index contributed by atoms with van der Waals surface area (Å²) in [5.74, 6) is 2.29. The van der Waals surface area contributed by atoms with Crippen LogP contribution in [0.3, 0.4) is 0 Å². The summed E-state index contributed by atoms with van der Waals surface area (Å²) in [5, 5.41) is 13.4. The Labute approximate surface area is 142 Å². The van der Waals surface area contributed by atoms with Gasteiger partial charge in [-0.2, -0.15) is 11.8 Å². The predicted molar refractivity (Wildman–Crippen MR) is 94.5 cm³/mol. The molecule has 1 aromatic heterocycles. The second-order valence-electron chi connectivity index (χ2n) is 5.87. The van der Waals surface area contributed by atoms with Gasteiger partial charge in [-0.25, -0.2) is 4.79 Å². The smallest absolute Gasteiger partial charge is 0.317 e. The van der Waals surface area contributed by atoms with Gasteiger partial charge in [0.2, 0.25) is 0 Å². The van der Waals surface area contributed by atoms with Crippen LogP contribution in [0.25, 0.3) is 0 Å². The first-order valence-corrected chi connectivity index (χ1v) is 9.57. The zero-order chi connectivity index (χ0) is 16.5. The van der Waals surface area contributed by atoms with E-state index in [2.05, 4.69) is 17.2 Å². The molecule has 1 aromatic rings. The van der Waals surface area contributed by atoms with Crippen LogP contribution in [0.15, 0.2) is 24.4 Å². The lowest BCUT2D eigenvalue weighted by molar-refractivity contribution is 0.0636. The summed E-state index contributed by atoms with van der Waals surface area (Å²) >= 11 is 1.87. The van der Waals surface area contributed by atoms with Gasteiger partial charge in [0.25, 0.3) is 0 Å². The summed E-state index contributed by atoms with van der Waals surface area (Å²) in [6.45, 7) is 4.28. The highest BCUT2D eigenvalue weighted by Crippen LogP contribution is 2.29. The van der Waals surface area contributed by atoms with Crippen LogP contribution < -0.4 is 5.32 Å². The van der Waals surface area contributed by atoms with E-state index in [-0.39, 0.29) is 11.9 Å².